The zero-order valence-corrected chi connectivity index (χ0v) is 21.3. The van der Waals surface area contributed by atoms with Gasteiger partial charge < -0.3 is 54.8 Å². The van der Waals surface area contributed by atoms with Crippen LogP contribution in [-0.2, 0) is 33.6 Å². The van der Waals surface area contributed by atoms with Crippen molar-refractivity contribution < 1.29 is 43.8 Å². The summed E-state index contributed by atoms with van der Waals surface area (Å²) in [4.78, 5) is 86.7. The van der Waals surface area contributed by atoms with Gasteiger partial charge in [-0.2, -0.15) is 0 Å². The summed E-state index contributed by atoms with van der Waals surface area (Å²) in [6.07, 6.45) is -1.85. The maximum atomic E-state index is 13.0. The van der Waals surface area contributed by atoms with Gasteiger partial charge in [-0.15, -0.1) is 0 Å². The molecule has 0 bridgehead atoms. The first-order chi connectivity index (χ1) is 18.1. The lowest BCUT2D eigenvalue weighted by molar-refractivity contribution is -0.142. The van der Waals surface area contributed by atoms with Gasteiger partial charge in [0.15, 0.2) is 5.96 Å². The number of nitrogens with zero attached hydrogens (tertiary/aromatic N) is 1. The number of carbonyl (C=O) groups is 7. The summed E-state index contributed by atoms with van der Waals surface area (Å²) >= 11 is 0. The molecular formula is C21H37N9O9. The molecule has 0 spiro atoms. The first-order valence-corrected chi connectivity index (χ1v) is 11.9. The lowest BCUT2D eigenvalue weighted by Crippen LogP contribution is -2.57. The highest BCUT2D eigenvalue weighted by atomic mass is 16.4. The molecule has 18 nitrogen and oxygen atoms in total. The Hall–Kier alpha value is -4.48. The molecule has 5 amide bonds. The highest BCUT2D eigenvalue weighted by Crippen LogP contribution is 2.06. The minimum atomic E-state index is -1.51. The average Bonchev–Trinajstić information content (AvgIpc) is 2.83. The van der Waals surface area contributed by atoms with E-state index in [-0.39, 0.29) is 57.5 Å². The van der Waals surface area contributed by atoms with E-state index < -0.39 is 72.1 Å². The predicted molar refractivity (Wildman–Crippen MR) is 135 cm³/mol. The zero-order chi connectivity index (χ0) is 30.1. The first kappa shape index (κ1) is 34.5. The van der Waals surface area contributed by atoms with Gasteiger partial charge in [0.05, 0.1) is 6.04 Å². The Morgan fingerprint density at radius 3 is 1.59 bits per heavy atom. The number of amides is 5. The van der Waals surface area contributed by atoms with Gasteiger partial charge in [0.1, 0.15) is 18.1 Å². The molecule has 0 fully saturated rings. The number of rotatable bonds is 20. The highest BCUT2D eigenvalue weighted by molar-refractivity contribution is 5.94. The summed E-state index contributed by atoms with van der Waals surface area (Å²) < 4.78 is 0. The van der Waals surface area contributed by atoms with Crippen molar-refractivity contribution in [2.45, 2.75) is 75.5 Å². The standard InChI is InChI=1S/C21H37N9O9/c22-10(3-6-14(23)31)17(35)28-12(5-8-16(33)34)19(37)29-11(2-1-9-27-21(25)26)18(36)30-13(20(38)39)4-7-15(24)32/h10-13H,1-9,22H2,(H2,23,31)(H2,24,32)(H,28,35)(H,29,37)(H,30,36)(H,33,34)(H,38,39)(H4,25,26,27). The quantitative estimate of drug-likeness (QED) is 0.0382. The van der Waals surface area contributed by atoms with Gasteiger partial charge in [-0.3, -0.25) is 33.8 Å². The number of carbonyl (C=O) groups excluding carboxylic acids is 5. The molecule has 0 aliphatic rings. The van der Waals surface area contributed by atoms with Crippen LogP contribution >= 0.6 is 0 Å². The molecule has 0 aromatic rings. The molecule has 0 rings (SSSR count). The van der Waals surface area contributed by atoms with Crippen molar-refractivity contribution in [1.29, 1.82) is 0 Å². The monoisotopic (exact) mass is 559 g/mol. The summed E-state index contributed by atoms with van der Waals surface area (Å²) in [5.74, 6) is -7.21. The number of carboxylic acids is 2. The normalized spacial score (nSPS) is 13.6. The predicted octanol–water partition coefficient (Wildman–Crippen LogP) is -4.70. The van der Waals surface area contributed by atoms with Crippen LogP contribution in [0.3, 0.4) is 0 Å². The molecule has 0 saturated carbocycles. The van der Waals surface area contributed by atoms with E-state index in [0.29, 0.717) is 0 Å². The minimum Gasteiger partial charge on any atom is -0.481 e. The maximum absolute atomic E-state index is 13.0. The van der Waals surface area contributed by atoms with Gasteiger partial charge in [0, 0.05) is 25.8 Å². The van der Waals surface area contributed by atoms with E-state index in [0.717, 1.165) is 0 Å². The molecule has 0 radical (unpaired) electrons. The second-order valence-corrected chi connectivity index (χ2v) is 8.52. The van der Waals surface area contributed by atoms with Crippen LogP contribution in [0.25, 0.3) is 0 Å². The molecule has 0 heterocycles. The number of guanidine groups is 1. The Morgan fingerprint density at radius 2 is 1.10 bits per heavy atom. The zero-order valence-electron chi connectivity index (χ0n) is 21.3. The van der Waals surface area contributed by atoms with Crippen molar-refractivity contribution in [3.8, 4) is 0 Å². The molecule has 0 aromatic heterocycles. The smallest absolute Gasteiger partial charge is 0.326 e. The Kier molecular flexibility index (Phi) is 15.8. The Balaban J connectivity index is 5.72. The molecule has 0 aromatic carbocycles. The summed E-state index contributed by atoms with van der Waals surface area (Å²) in [7, 11) is 0. The van der Waals surface area contributed by atoms with E-state index in [1.54, 1.807) is 0 Å². The van der Waals surface area contributed by atoms with Crippen molar-refractivity contribution in [2.24, 2.45) is 33.7 Å². The largest absolute Gasteiger partial charge is 0.481 e. The van der Waals surface area contributed by atoms with Crippen LogP contribution in [0, 0.1) is 0 Å². The van der Waals surface area contributed by atoms with Crippen LogP contribution in [0.5, 0.6) is 0 Å². The Labute approximate surface area is 223 Å². The van der Waals surface area contributed by atoms with Crippen LogP contribution < -0.4 is 44.6 Å². The Bertz CT molecular complexity index is 938. The molecule has 0 aliphatic heterocycles. The van der Waals surface area contributed by atoms with E-state index >= 15 is 0 Å². The number of primary amides is 2. The lowest BCUT2D eigenvalue weighted by atomic mass is 10.0. The van der Waals surface area contributed by atoms with E-state index in [9.17, 15) is 38.7 Å². The number of aliphatic imine (C=N–C) groups is 1. The van der Waals surface area contributed by atoms with Crippen molar-refractivity contribution >= 4 is 47.4 Å². The third-order valence-electron chi connectivity index (χ3n) is 5.19. The highest BCUT2D eigenvalue weighted by Gasteiger charge is 2.30. The number of nitrogens with one attached hydrogen (secondary N) is 3. The van der Waals surface area contributed by atoms with Crippen LogP contribution in [0.1, 0.15) is 51.4 Å². The van der Waals surface area contributed by atoms with Crippen molar-refractivity contribution in [2.75, 3.05) is 6.54 Å². The van der Waals surface area contributed by atoms with Gasteiger partial charge >= 0.3 is 11.9 Å². The van der Waals surface area contributed by atoms with Gasteiger partial charge in [0.25, 0.3) is 0 Å². The lowest BCUT2D eigenvalue weighted by Gasteiger charge is -2.25. The van der Waals surface area contributed by atoms with Crippen LogP contribution in [-0.4, -0.2) is 88.4 Å². The minimum absolute atomic E-state index is 0.0555. The first-order valence-electron chi connectivity index (χ1n) is 11.9. The topological polar surface area (TPSA) is 338 Å². The van der Waals surface area contributed by atoms with E-state index in [1.807, 2.05) is 0 Å². The number of aliphatic carboxylic acids is 2. The van der Waals surface area contributed by atoms with Gasteiger partial charge in [-0.1, -0.05) is 0 Å². The number of nitrogens with two attached hydrogens (primary N) is 5. The van der Waals surface area contributed by atoms with Crippen molar-refractivity contribution in [1.82, 2.24) is 16.0 Å². The second kappa shape index (κ2) is 17.9. The summed E-state index contributed by atoms with van der Waals surface area (Å²) in [5.41, 5.74) is 26.3. The number of carboxylic acid groups (broad SMARTS) is 2. The van der Waals surface area contributed by atoms with Crippen molar-refractivity contribution in [3.05, 3.63) is 0 Å². The SMILES string of the molecule is NC(=O)CCC(N)C(=O)NC(CCC(=O)O)C(=O)NC(CCCN=C(N)N)C(=O)NC(CCC(N)=O)C(=O)O. The molecule has 18 heteroatoms. The Morgan fingerprint density at radius 1 is 0.641 bits per heavy atom. The number of hydrogen-bond donors (Lipinski definition) is 10. The number of hydrogen-bond acceptors (Lipinski definition) is 9. The summed E-state index contributed by atoms with van der Waals surface area (Å²) in [6.45, 7) is 0.0555. The molecule has 0 saturated heterocycles. The van der Waals surface area contributed by atoms with Gasteiger partial charge in [-0.05, 0) is 32.1 Å². The average molecular weight is 560 g/mol. The van der Waals surface area contributed by atoms with Crippen molar-refractivity contribution in [3.63, 3.8) is 0 Å². The summed E-state index contributed by atoms with van der Waals surface area (Å²) in [5, 5.41) is 25.3. The van der Waals surface area contributed by atoms with E-state index in [2.05, 4.69) is 20.9 Å². The molecule has 0 aliphatic carbocycles. The molecule has 15 N–H and O–H groups in total. The molecular weight excluding hydrogens is 522 g/mol. The fraction of sp³-hybridized carbons (Fsp3) is 0.619. The fourth-order valence-electron chi connectivity index (χ4n) is 3.11. The third kappa shape index (κ3) is 16.1. The fourth-order valence-corrected chi connectivity index (χ4v) is 3.11. The third-order valence-corrected chi connectivity index (χ3v) is 5.19. The van der Waals surface area contributed by atoms with Crippen LogP contribution in [0.4, 0.5) is 0 Å². The van der Waals surface area contributed by atoms with Gasteiger partial charge in [0.2, 0.25) is 29.5 Å². The van der Waals surface area contributed by atoms with Gasteiger partial charge in [-0.25, -0.2) is 4.79 Å². The molecule has 39 heavy (non-hydrogen) atoms. The molecule has 4 atom stereocenters. The summed E-state index contributed by atoms with van der Waals surface area (Å²) in [6, 6.07) is -5.56. The van der Waals surface area contributed by atoms with Crippen LogP contribution in [0.15, 0.2) is 4.99 Å². The van der Waals surface area contributed by atoms with E-state index in [4.69, 9.17) is 33.8 Å². The second-order valence-electron chi connectivity index (χ2n) is 8.52. The van der Waals surface area contributed by atoms with Crippen LogP contribution in [0.2, 0.25) is 0 Å². The maximum Gasteiger partial charge on any atom is 0.326 e. The van der Waals surface area contributed by atoms with E-state index in [1.165, 1.54) is 0 Å². The molecule has 220 valence electrons. The molecule has 4 unspecified atom stereocenters.